The Morgan fingerprint density at radius 1 is 0.351 bits per heavy atom. The van der Waals surface area contributed by atoms with Crippen LogP contribution in [-0.2, 0) is 0 Å². The number of hydrogen-bond acceptors (Lipinski definition) is 2. The number of nitrogens with zero attached hydrogens (tertiary/aromatic N) is 3. The monoisotopic (exact) mass is 743 g/mol. The molecular formula is C53H33N3S. The van der Waals surface area contributed by atoms with Crippen molar-refractivity contribution >= 4 is 75.3 Å². The van der Waals surface area contributed by atoms with E-state index in [1.807, 2.05) is 17.5 Å². The first-order valence-electron chi connectivity index (χ1n) is 19.4. The van der Waals surface area contributed by atoms with Crippen molar-refractivity contribution in [3.8, 4) is 44.8 Å². The van der Waals surface area contributed by atoms with E-state index in [9.17, 15) is 0 Å². The van der Waals surface area contributed by atoms with Gasteiger partial charge in [0.05, 0.1) is 26.9 Å². The fourth-order valence-corrected chi connectivity index (χ4v) is 10.1. The van der Waals surface area contributed by atoms with Crippen LogP contribution in [0, 0.1) is 0 Å². The summed E-state index contributed by atoms with van der Waals surface area (Å²) in [6.45, 7) is 0. The van der Waals surface area contributed by atoms with E-state index in [0.29, 0.717) is 0 Å². The predicted molar refractivity (Wildman–Crippen MR) is 242 cm³/mol. The smallest absolute Gasteiger partial charge is 0.145 e. The molecule has 0 saturated carbocycles. The molecule has 0 N–H and O–H groups in total. The first-order chi connectivity index (χ1) is 28.3. The molecule has 12 rings (SSSR count). The van der Waals surface area contributed by atoms with Crippen LogP contribution in [0.15, 0.2) is 200 Å². The zero-order valence-corrected chi connectivity index (χ0v) is 31.6. The molecule has 0 spiro atoms. The van der Waals surface area contributed by atoms with E-state index in [2.05, 4.69) is 203 Å². The van der Waals surface area contributed by atoms with E-state index < -0.39 is 0 Å². The third-order valence-electron chi connectivity index (χ3n) is 11.5. The molecule has 0 aliphatic heterocycles. The number of thiophene rings is 1. The molecule has 0 unspecified atom stereocenters. The van der Waals surface area contributed by atoms with Crippen LogP contribution in [0.25, 0.3) is 109 Å². The van der Waals surface area contributed by atoms with Crippen LogP contribution in [0.1, 0.15) is 0 Å². The Hall–Kier alpha value is -7.27. The number of hydrogen-bond donors (Lipinski definition) is 0. The molecule has 4 aromatic heterocycles. The fourth-order valence-electron chi connectivity index (χ4n) is 8.94. The number of fused-ring (bicyclic) bond motifs is 9. The maximum Gasteiger partial charge on any atom is 0.145 e. The lowest BCUT2D eigenvalue weighted by Gasteiger charge is -2.14. The largest absolute Gasteiger partial charge is 0.309 e. The molecule has 266 valence electrons. The van der Waals surface area contributed by atoms with Gasteiger partial charge in [-0.3, -0.25) is 4.57 Å². The van der Waals surface area contributed by atoms with Gasteiger partial charge in [-0.15, -0.1) is 11.3 Å². The van der Waals surface area contributed by atoms with Crippen molar-refractivity contribution in [3.05, 3.63) is 200 Å². The summed E-state index contributed by atoms with van der Waals surface area (Å²) in [6.07, 6.45) is 1.91. The molecule has 0 aliphatic carbocycles. The van der Waals surface area contributed by atoms with E-state index in [4.69, 9.17) is 4.98 Å². The summed E-state index contributed by atoms with van der Waals surface area (Å²) in [5.74, 6) is 0. The van der Waals surface area contributed by atoms with Crippen LogP contribution >= 0.6 is 11.3 Å². The minimum atomic E-state index is 0.973. The summed E-state index contributed by atoms with van der Waals surface area (Å²) in [6, 6.07) is 70.7. The Bertz CT molecular complexity index is 3460. The number of pyridine rings is 1. The van der Waals surface area contributed by atoms with Gasteiger partial charge in [-0.05, 0) is 106 Å². The molecule has 57 heavy (non-hydrogen) atoms. The number of benzene rings is 8. The molecule has 0 fully saturated rings. The standard InChI is InChI=1S/C53H33N3S/c1-3-13-34(14-4-1)38-29-39(35-15-5-2-6-16-35)31-40(30-38)55-47-21-9-7-17-41(47)45-32-36(24-26-48(45)55)37-25-27-49-46(33-37)44-20-12-28-54-53(44)56(49)50-22-11-19-43-42-18-8-10-23-51(42)57-52(43)50/h1-33H. The Morgan fingerprint density at radius 2 is 0.930 bits per heavy atom. The van der Waals surface area contributed by atoms with Crippen molar-refractivity contribution in [2.24, 2.45) is 0 Å². The van der Waals surface area contributed by atoms with E-state index in [1.54, 1.807) is 0 Å². The van der Waals surface area contributed by atoms with Crippen LogP contribution in [0.4, 0.5) is 0 Å². The van der Waals surface area contributed by atoms with Crippen LogP contribution in [0.2, 0.25) is 0 Å². The van der Waals surface area contributed by atoms with Crippen molar-refractivity contribution < 1.29 is 0 Å². The van der Waals surface area contributed by atoms with Gasteiger partial charge in [0.25, 0.3) is 0 Å². The number of para-hydroxylation sites is 1. The Labute approximate surface area is 333 Å². The lowest BCUT2D eigenvalue weighted by molar-refractivity contribution is 1.15. The lowest BCUT2D eigenvalue weighted by atomic mass is 9.98. The Morgan fingerprint density at radius 3 is 1.67 bits per heavy atom. The summed E-state index contributed by atoms with van der Waals surface area (Å²) in [5.41, 5.74) is 14.0. The third kappa shape index (κ3) is 5.01. The zero-order valence-electron chi connectivity index (χ0n) is 30.8. The second kappa shape index (κ2) is 12.6. The minimum absolute atomic E-state index is 0.973. The fraction of sp³-hybridized carbons (Fsp3) is 0. The lowest BCUT2D eigenvalue weighted by Crippen LogP contribution is -1.96. The van der Waals surface area contributed by atoms with Crippen molar-refractivity contribution in [2.45, 2.75) is 0 Å². The highest BCUT2D eigenvalue weighted by Crippen LogP contribution is 2.42. The molecule has 0 amide bonds. The molecule has 0 bridgehead atoms. The highest BCUT2D eigenvalue weighted by atomic mass is 32.1. The summed E-state index contributed by atoms with van der Waals surface area (Å²) in [5, 5.41) is 7.40. The predicted octanol–water partition coefficient (Wildman–Crippen LogP) is 14.6. The van der Waals surface area contributed by atoms with E-state index in [-0.39, 0.29) is 0 Å². The summed E-state index contributed by atoms with van der Waals surface area (Å²) < 4.78 is 7.37. The third-order valence-corrected chi connectivity index (χ3v) is 12.8. The normalized spacial score (nSPS) is 11.9. The molecular weight excluding hydrogens is 711 g/mol. The average Bonchev–Trinajstić information content (AvgIpc) is 3.94. The quantitative estimate of drug-likeness (QED) is 0.172. The van der Waals surface area contributed by atoms with Crippen molar-refractivity contribution in [3.63, 3.8) is 0 Å². The van der Waals surface area contributed by atoms with Gasteiger partial charge in [-0.25, -0.2) is 4.98 Å². The highest BCUT2D eigenvalue weighted by Gasteiger charge is 2.19. The Kier molecular flexibility index (Phi) is 7.10. The average molecular weight is 744 g/mol. The van der Waals surface area contributed by atoms with Crippen molar-refractivity contribution in [1.29, 1.82) is 0 Å². The molecule has 0 saturated heterocycles. The molecule has 0 radical (unpaired) electrons. The second-order valence-corrected chi connectivity index (χ2v) is 15.8. The maximum atomic E-state index is 4.98. The van der Waals surface area contributed by atoms with Gasteiger partial charge in [-0.2, -0.15) is 0 Å². The molecule has 0 aliphatic rings. The SMILES string of the molecule is c1ccc(-c2cc(-c3ccccc3)cc(-n3c4ccccc4c4cc(-c5ccc6c(c5)c5cccnc5n6-c5cccc6c5sc5ccccc56)ccc43)c2)cc1. The van der Waals surface area contributed by atoms with E-state index in [1.165, 1.54) is 86.4 Å². The van der Waals surface area contributed by atoms with E-state index in [0.717, 1.165) is 22.2 Å². The van der Waals surface area contributed by atoms with Gasteiger partial charge in [0.1, 0.15) is 5.65 Å². The molecule has 0 atom stereocenters. The van der Waals surface area contributed by atoms with Crippen LogP contribution in [0.5, 0.6) is 0 Å². The summed E-state index contributed by atoms with van der Waals surface area (Å²) in [7, 11) is 0. The van der Waals surface area contributed by atoms with Gasteiger partial charge in [0.15, 0.2) is 0 Å². The van der Waals surface area contributed by atoms with Gasteiger partial charge < -0.3 is 4.57 Å². The number of rotatable bonds is 5. The summed E-state index contributed by atoms with van der Waals surface area (Å²) in [4.78, 5) is 4.98. The van der Waals surface area contributed by atoms with Gasteiger partial charge in [0.2, 0.25) is 0 Å². The molecule has 8 aromatic carbocycles. The first kappa shape index (κ1) is 32.0. The van der Waals surface area contributed by atoms with Crippen LogP contribution < -0.4 is 0 Å². The van der Waals surface area contributed by atoms with Crippen molar-refractivity contribution in [2.75, 3.05) is 0 Å². The van der Waals surface area contributed by atoms with Gasteiger partial charge in [-0.1, -0.05) is 121 Å². The Balaban J connectivity index is 1.04. The maximum absolute atomic E-state index is 4.98. The molecule has 3 nitrogen and oxygen atoms in total. The van der Waals surface area contributed by atoms with Crippen molar-refractivity contribution in [1.82, 2.24) is 14.1 Å². The number of aromatic nitrogens is 3. The molecule has 12 aromatic rings. The molecule has 4 heteroatoms. The second-order valence-electron chi connectivity index (χ2n) is 14.8. The molecule has 4 heterocycles. The van der Waals surface area contributed by atoms with E-state index >= 15 is 0 Å². The van der Waals surface area contributed by atoms with Gasteiger partial charge in [0, 0.05) is 48.9 Å². The van der Waals surface area contributed by atoms with Gasteiger partial charge >= 0.3 is 0 Å². The topological polar surface area (TPSA) is 22.8 Å². The highest BCUT2D eigenvalue weighted by molar-refractivity contribution is 7.26. The zero-order chi connectivity index (χ0) is 37.5. The van der Waals surface area contributed by atoms with Crippen LogP contribution in [-0.4, -0.2) is 14.1 Å². The van der Waals surface area contributed by atoms with Crippen LogP contribution in [0.3, 0.4) is 0 Å². The first-order valence-corrected chi connectivity index (χ1v) is 20.2. The minimum Gasteiger partial charge on any atom is -0.309 e. The summed E-state index contributed by atoms with van der Waals surface area (Å²) >= 11 is 1.85.